The zero-order valence-electron chi connectivity index (χ0n) is 12.8. The molecule has 1 unspecified atom stereocenters. The maximum Gasteiger partial charge on any atom is 0.269 e. The van der Waals surface area contributed by atoms with Gasteiger partial charge in [0.05, 0.1) is 16.6 Å². The molecule has 1 heterocycles. The number of hydrogen-bond acceptors (Lipinski definition) is 4. The van der Waals surface area contributed by atoms with Gasteiger partial charge in [-0.1, -0.05) is 12.1 Å². The van der Waals surface area contributed by atoms with Gasteiger partial charge in [0.15, 0.2) is 0 Å². The highest BCUT2D eigenvalue weighted by molar-refractivity contribution is 5.41. The molecule has 3 rings (SSSR count). The highest BCUT2D eigenvalue weighted by atomic mass is 19.1. The molecule has 1 atom stereocenters. The van der Waals surface area contributed by atoms with Gasteiger partial charge in [-0.3, -0.25) is 15.0 Å². The Morgan fingerprint density at radius 1 is 1.21 bits per heavy atom. The van der Waals surface area contributed by atoms with E-state index in [1.54, 1.807) is 6.07 Å². The Morgan fingerprint density at radius 3 is 2.58 bits per heavy atom. The number of non-ortho nitro benzene ring substituents is 1. The largest absolute Gasteiger partial charge is 0.387 e. The fourth-order valence-corrected chi connectivity index (χ4v) is 3.04. The van der Waals surface area contributed by atoms with Gasteiger partial charge in [0, 0.05) is 31.8 Å². The van der Waals surface area contributed by atoms with Crippen LogP contribution in [0.4, 0.5) is 14.5 Å². The third-order valence-corrected chi connectivity index (χ3v) is 4.26. The molecule has 1 aliphatic heterocycles. The summed E-state index contributed by atoms with van der Waals surface area (Å²) in [5, 5.41) is 21.1. The summed E-state index contributed by atoms with van der Waals surface area (Å²) in [7, 11) is 0. The second kappa shape index (κ2) is 6.62. The smallest absolute Gasteiger partial charge is 0.269 e. The molecule has 0 spiro atoms. The van der Waals surface area contributed by atoms with Crippen LogP contribution in [-0.2, 0) is 13.0 Å². The molecule has 2 aromatic rings. The first kappa shape index (κ1) is 16.5. The zero-order valence-corrected chi connectivity index (χ0v) is 12.8. The molecule has 7 heteroatoms. The van der Waals surface area contributed by atoms with Crippen LogP contribution in [0.15, 0.2) is 36.4 Å². The lowest BCUT2D eigenvalue weighted by molar-refractivity contribution is -0.385. The SMILES string of the molecule is O=[N+]([O-])c1ccc2c(c1)CN(CC(O)c1c(F)cccc1F)CC2. The Labute approximate surface area is 137 Å². The number of rotatable bonds is 4. The number of β-amino-alcohol motifs (C(OH)–C–C–N with tert-alkyl or cyclic N) is 1. The van der Waals surface area contributed by atoms with Crippen LogP contribution in [0, 0.1) is 21.7 Å². The van der Waals surface area contributed by atoms with Crippen molar-refractivity contribution in [1.82, 2.24) is 4.90 Å². The van der Waals surface area contributed by atoms with E-state index in [1.807, 2.05) is 4.90 Å². The molecule has 0 amide bonds. The molecule has 126 valence electrons. The first-order valence-corrected chi connectivity index (χ1v) is 7.56. The number of nitro benzene ring substituents is 1. The van der Waals surface area contributed by atoms with Crippen molar-refractivity contribution in [1.29, 1.82) is 0 Å². The quantitative estimate of drug-likeness (QED) is 0.689. The molecule has 0 fully saturated rings. The molecule has 0 aliphatic carbocycles. The maximum atomic E-state index is 13.7. The Bertz CT molecular complexity index is 762. The minimum Gasteiger partial charge on any atom is -0.387 e. The lowest BCUT2D eigenvalue weighted by atomic mass is 9.98. The van der Waals surface area contributed by atoms with Gasteiger partial charge in [0.2, 0.25) is 0 Å². The molecule has 1 N–H and O–H groups in total. The van der Waals surface area contributed by atoms with E-state index in [4.69, 9.17) is 0 Å². The number of nitrogens with zero attached hydrogens (tertiary/aromatic N) is 2. The number of fused-ring (bicyclic) bond motifs is 1. The van der Waals surface area contributed by atoms with Crippen molar-refractivity contribution in [3.05, 3.63) is 74.8 Å². The summed E-state index contributed by atoms with van der Waals surface area (Å²) >= 11 is 0. The van der Waals surface area contributed by atoms with E-state index in [0.717, 1.165) is 23.3 Å². The lowest BCUT2D eigenvalue weighted by Crippen LogP contribution is -2.34. The summed E-state index contributed by atoms with van der Waals surface area (Å²) in [5.74, 6) is -1.56. The summed E-state index contributed by atoms with van der Waals surface area (Å²) in [6, 6.07) is 8.18. The summed E-state index contributed by atoms with van der Waals surface area (Å²) < 4.78 is 27.5. The van der Waals surface area contributed by atoms with Crippen molar-refractivity contribution in [3.63, 3.8) is 0 Å². The third-order valence-electron chi connectivity index (χ3n) is 4.26. The van der Waals surface area contributed by atoms with Crippen molar-refractivity contribution in [2.75, 3.05) is 13.1 Å². The predicted octanol–water partition coefficient (Wildman–Crippen LogP) is 2.96. The molecular formula is C17H16F2N2O3. The van der Waals surface area contributed by atoms with Gasteiger partial charge in [-0.25, -0.2) is 8.78 Å². The summed E-state index contributed by atoms with van der Waals surface area (Å²) in [4.78, 5) is 12.3. The van der Waals surface area contributed by atoms with Gasteiger partial charge in [-0.2, -0.15) is 0 Å². The predicted molar refractivity (Wildman–Crippen MR) is 83.4 cm³/mol. The van der Waals surface area contributed by atoms with Crippen molar-refractivity contribution in [2.45, 2.75) is 19.1 Å². The Kier molecular flexibility index (Phi) is 4.55. The Balaban J connectivity index is 1.76. The number of aliphatic hydroxyl groups is 1. The minimum absolute atomic E-state index is 0.0105. The average Bonchev–Trinajstić information content (AvgIpc) is 2.54. The van der Waals surface area contributed by atoms with Gasteiger partial charge in [-0.05, 0) is 29.7 Å². The molecule has 24 heavy (non-hydrogen) atoms. The van der Waals surface area contributed by atoms with Crippen LogP contribution in [0.3, 0.4) is 0 Å². The topological polar surface area (TPSA) is 66.6 Å². The normalized spacial score (nSPS) is 15.8. The number of nitro groups is 1. The van der Waals surface area contributed by atoms with E-state index in [2.05, 4.69) is 0 Å². The standard InChI is InChI=1S/C17H16F2N2O3/c18-14-2-1-3-15(19)17(14)16(22)10-20-7-6-11-4-5-13(21(23)24)8-12(11)9-20/h1-5,8,16,22H,6-7,9-10H2. The summed E-state index contributed by atoms with van der Waals surface area (Å²) in [6.07, 6.45) is -0.633. The van der Waals surface area contributed by atoms with Crippen LogP contribution in [0.1, 0.15) is 22.8 Å². The Hall–Kier alpha value is -2.38. The first-order valence-electron chi connectivity index (χ1n) is 7.56. The number of benzene rings is 2. The molecule has 2 aromatic carbocycles. The minimum atomic E-state index is -1.30. The zero-order chi connectivity index (χ0) is 17.3. The third kappa shape index (κ3) is 3.27. The van der Waals surface area contributed by atoms with Crippen LogP contribution in [0.2, 0.25) is 0 Å². The molecule has 0 saturated heterocycles. The van der Waals surface area contributed by atoms with E-state index >= 15 is 0 Å². The van der Waals surface area contributed by atoms with Crippen LogP contribution in [0.5, 0.6) is 0 Å². The van der Waals surface area contributed by atoms with Crippen LogP contribution < -0.4 is 0 Å². The fourth-order valence-electron chi connectivity index (χ4n) is 3.04. The highest BCUT2D eigenvalue weighted by Gasteiger charge is 2.24. The van der Waals surface area contributed by atoms with Crippen molar-refractivity contribution < 1.29 is 18.8 Å². The van der Waals surface area contributed by atoms with Crippen LogP contribution >= 0.6 is 0 Å². The number of halogens is 2. The van der Waals surface area contributed by atoms with Gasteiger partial charge < -0.3 is 5.11 Å². The van der Waals surface area contributed by atoms with E-state index < -0.39 is 22.7 Å². The number of aliphatic hydroxyl groups excluding tert-OH is 1. The second-order valence-corrected chi connectivity index (χ2v) is 5.85. The number of hydrogen-bond donors (Lipinski definition) is 1. The molecule has 0 aromatic heterocycles. The van der Waals surface area contributed by atoms with Gasteiger partial charge in [-0.15, -0.1) is 0 Å². The molecule has 0 bridgehead atoms. The van der Waals surface area contributed by atoms with Crippen molar-refractivity contribution in [2.24, 2.45) is 0 Å². The van der Waals surface area contributed by atoms with Crippen molar-refractivity contribution >= 4 is 5.69 Å². The maximum absolute atomic E-state index is 13.7. The van der Waals surface area contributed by atoms with Gasteiger partial charge in [0.1, 0.15) is 11.6 Å². The van der Waals surface area contributed by atoms with E-state index in [0.29, 0.717) is 19.5 Å². The average molecular weight is 334 g/mol. The molecule has 5 nitrogen and oxygen atoms in total. The van der Waals surface area contributed by atoms with E-state index in [9.17, 15) is 24.0 Å². The van der Waals surface area contributed by atoms with Gasteiger partial charge >= 0.3 is 0 Å². The van der Waals surface area contributed by atoms with Crippen molar-refractivity contribution in [3.8, 4) is 0 Å². The van der Waals surface area contributed by atoms with E-state index in [1.165, 1.54) is 18.2 Å². The molecular weight excluding hydrogens is 318 g/mol. The molecule has 0 radical (unpaired) electrons. The van der Waals surface area contributed by atoms with Crippen LogP contribution in [-0.4, -0.2) is 28.0 Å². The molecule has 1 aliphatic rings. The van der Waals surface area contributed by atoms with Crippen LogP contribution in [0.25, 0.3) is 0 Å². The summed E-state index contributed by atoms with van der Waals surface area (Å²) in [6.45, 7) is 1.06. The van der Waals surface area contributed by atoms with E-state index in [-0.39, 0.29) is 17.8 Å². The second-order valence-electron chi connectivity index (χ2n) is 5.85. The fraction of sp³-hybridized carbons (Fsp3) is 0.294. The highest BCUT2D eigenvalue weighted by Crippen LogP contribution is 2.27. The Morgan fingerprint density at radius 2 is 1.92 bits per heavy atom. The van der Waals surface area contributed by atoms with Gasteiger partial charge in [0.25, 0.3) is 5.69 Å². The first-order chi connectivity index (χ1) is 11.5. The monoisotopic (exact) mass is 334 g/mol. The summed E-state index contributed by atoms with van der Waals surface area (Å²) in [5.41, 5.74) is 1.48. The lowest BCUT2D eigenvalue weighted by Gasteiger charge is -2.30. The molecule has 0 saturated carbocycles.